The monoisotopic (exact) mass is 488 g/mol. The fourth-order valence-electron chi connectivity index (χ4n) is 4.10. The Balaban J connectivity index is 1.30. The molecule has 1 aliphatic carbocycles. The molecule has 0 radical (unpaired) electrons. The van der Waals surface area contributed by atoms with Crippen molar-refractivity contribution in [3.8, 4) is 0 Å². The van der Waals surface area contributed by atoms with Crippen LogP contribution in [0.4, 0.5) is 16.2 Å². The van der Waals surface area contributed by atoms with Crippen LogP contribution >= 0.6 is 11.3 Å². The van der Waals surface area contributed by atoms with E-state index >= 15 is 0 Å². The molecule has 3 N–H and O–H groups in total. The average Bonchev–Trinajstić information content (AvgIpc) is 3.51. The Kier molecular flexibility index (Phi) is 5.63. The number of para-hydroxylation sites is 2. The summed E-state index contributed by atoms with van der Waals surface area (Å²) in [5.74, 6) is -0.209. The van der Waals surface area contributed by atoms with Crippen LogP contribution in [0.3, 0.4) is 0 Å². The van der Waals surface area contributed by atoms with E-state index in [1.807, 2.05) is 57.2 Å². The summed E-state index contributed by atoms with van der Waals surface area (Å²) in [7, 11) is 0. The highest BCUT2D eigenvalue weighted by Crippen LogP contribution is 2.47. The Bertz CT molecular complexity index is 1310. The van der Waals surface area contributed by atoms with E-state index in [0.717, 1.165) is 21.1 Å². The Labute approximate surface area is 208 Å². The molecule has 3 aromatic rings. The molecule has 0 saturated carbocycles. The first-order chi connectivity index (χ1) is 16.6. The van der Waals surface area contributed by atoms with Crippen molar-refractivity contribution in [1.29, 1.82) is 0 Å². The van der Waals surface area contributed by atoms with Gasteiger partial charge in [0.15, 0.2) is 0 Å². The van der Waals surface area contributed by atoms with Gasteiger partial charge in [0, 0.05) is 23.4 Å². The topological polar surface area (TPSA) is 97.5 Å². The molecule has 2 amide bonds. The number of nitrogen functional groups attached to an aromatic ring is 1. The lowest BCUT2D eigenvalue weighted by atomic mass is 9.93. The first-order valence-corrected chi connectivity index (χ1v) is 12.4. The van der Waals surface area contributed by atoms with Crippen molar-refractivity contribution in [2.24, 2.45) is 0 Å². The van der Waals surface area contributed by atoms with E-state index in [0.29, 0.717) is 36.4 Å². The van der Waals surface area contributed by atoms with E-state index in [1.165, 1.54) is 0 Å². The SMILES string of the molecule is CC(C)(C)OC(=O)N1CCc2nc(C3(c4ccc(C(=O)Nc5ccccc5N)cc4)C=C3)sc2C1. The normalized spacial score (nSPS) is 15.9. The van der Waals surface area contributed by atoms with Gasteiger partial charge in [-0.3, -0.25) is 4.79 Å². The van der Waals surface area contributed by atoms with Crippen LogP contribution in [-0.2, 0) is 23.1 Å². The molecular formula is C27H28N4O3S. The van der Waals surface area contributed by atoms with Crippen LogP contribution in [0.15, 0.2) is 60.7 Å². The number of rotatable bonds is 4. The predicted molar refractivity (Wildman–Crippen MR) is 138 cm³/mol. The van der Waals surface area contributed by atoms with Crippen LogP contribution in [0.25, 0.3) is 0 Å². The fraction of sp³-hybridized carbons (Fsp3) is 0.296. The number of fused-ring (bicyclic) bond motifs is 1. The maximum atomic E-state index is 12.7. The second-order valence-corrected chi connectivity index (χ2v) is 10.9. The number of allylic oxidation sites excluding steroid dienone is 2. The Morgan fingerprint density at radius 2 is 1.83 bits per heavy atom. The van der Waals surface area contributed by atoms with Crippen molar-refractivity contribution >= 4 is 34.7 Å². The highest BCUT2D eigenvalue weighted by Gasteiger charge is 2.42. The number of hydrogen-bond donors (Lipinski definition) is 2. The van der Waals surface area contributed by atoms with Crippen LogP contribution in [0.5, 0.6) is 0 Å². The minimum Gasteiger partial charge on any atom is -0.444 e. The molecule has 2 aromatic carbocycles. The van der Waals surface area contributed by atoms with Crippen molar-refractivity contribution < 1.29 is 14.3 Å². The number of carbonyl (C=O) groups is 2. The van der Waals surface area contributed by atoms with E-state index in [1.54, 1.807) is 28.4 Å². The van der Waals surface area contributed by atoms with Gasteiger partial charge < -0.3 is 20.7 Å². The third-order valence-electron chi connectivity index (χ3n) is 6.07. The second-order valence-electron chi connectivity index (χ2n) is 9.86. The number of ether oxygens (including phenoxy) is 1. The second kappa shape index (κ2) is 8.53. The van der Waals surface area contributed by atoms with E-state index in [4.69, 9.17) is 15.5 Å². The van der Waals surface area contributed by atoms with Crippen LogP contribution < -0.4 is 11.1 Å². The Hall–Kier alpha value is -3.65. The summed E-state index contributed by atoms with van der Waals surface area (Å²) >= 11 is 1.64. The maximum absolute atomic E-state index is 12.7. The number of nitrogens with zero attached hydrogens (tertiary/aromatic N) is 2. The molecule has 2 heterocycles. The quantitative estimate of drug-likeness (QED) is 0.392. The standard InChI is InChI=1S/C27H28N4O3S/c1-26(2,3)34-25(33)31-15-12-21-22(16-31)35-24(30-21)27(13-14-27)18-10-8-17(9-11-18)23(32)29-20-7-5-4-6-19(20)28/h4-11,13-14H,12,15-16,28H2,1-3H3,(H,29,32). The number of nitrogens with two attached hydrogens (primary N) is 1. The van der Waals surface area contributed by atoms with Crippen LogP contribution in [-0.4, -0.2) is 34.0 Å². The number of aromatic nitrogens is 1. The lowest BCUT2D eigenvalue weighted by Gasteiger charge is -2.29. The van der Waals surface area contributed by atoms with Crippen molar-refractivity contribution in [3.05, 3.63) is 87.4 Å². The van der Waals surface area contributed by atoms with Crippen molar-refractivity contribution in [2.75, 3.05) is 17.6 Å². The lowest BCUT2D eigenvalue weighted by Crippen LogP contribution is -2.39. The molecule has 8 heteroatoms. The Morgan fingerprint density at radius 1 is 1.11 bits per heavy atom. The largest absolute Gasteiger partial charge is 0.444 e. The van der Waals surface area contributed by atoms with Crippen LogP contribution in [0, 0.1) is 0 Å². The van der Waals surface area contributed by atoms with E-state index in [2.05, 4.69) is 17.5 Å². The van der Waals surface area contributed by atoms with Gasteiger partial charge in [-0.2, -0.15) is 0 Å². The number of hydrogen-bond acceptors (Lipinski definition) is 6. The number of carbonyl (C=O) groups excluding carboxylic acids is 2. The van der Waals surface area contributed by atoms with Gasteiger partial charge in [-0.25, -0.2) is 9.78 Å². The zero-order valence-corrected chi connectivity index (χ0v) is 20.8. The minimum atomic E-state index is -0.519. The molecule has 0 fully saturated rings. The summed E-state index contributed by atoms with van der Waals surface area (Å²) in [5, 5.41) is 3.85. The molecule has 0 spiro atoms. The molecule has 0 atom stereocenters. The maximum Gasteiger partial charge on any atom is 0.410 e. The van der Waals surface area contributed by atoms with Crippen LogP contribution in [0.2, 0.25) is 0 Å². The van der Waals surface area contributed by atoms with Crippen LogP contribution in [0.1, 0.15) is 52.3 Å². The molecule has 2 aliphatic rings. The summed E-state index contributed by atoms with van der Waals surface area (Å²) in [4.78, 5) is 33.0. The van der Waals surface area contributed by atoms with Gasteiger partial charge >= 0.3 is 6.09 Å². The fourth-order valence-corrected chi connectivity index (χ4v) is 5.40. The van der Waals surface area contributed by atoms with Gasteiger partial charge in [-0.15, -0.1) is 11.3 Å². The van der Waals surface area contributed by atoms with E-state index in [-0.39, 0.29) is 17.4 Å². The summed E-state index contributed by atoms with van der Waals surface area (Å²) < 4.78 is 5.54. The molecule has 5 rings (SSSR count). The third kappa shape index (κ3) is 4.66. The molecule has 0 saturated heterocycles. The number of nitrogens with one attached hydrogen (secondary N) is 1. The molecule has 1 aromatic heterocycles. The van der Waals surface area contributed by atoms with Crippen molar-refractivity contribution in [2.45, 2.75) is 44.8 Å². The number of benzene rings is 2. The molecule has 1 aliphatic heterocycles. The number of thiazole rings is 1. The van der Waals surface area contributed by atoms with Gasteiger partial charge in [0.25, 0.3) is 5.91 Å². The first kappa shape index (κ1) is 23.1. The third-order valence-corrected chi connectivity index (χ3v) is 7.30. The highest BCUT2D eigenvalue weighted by atomic mass is 32.1. The zero-order chi connectivity index (χ0) is 24.8. The van der Waals surface area contributed by atoms with Gasteiger partial charge in [0.2, 0.25) is 0 Å². The Morgan fingerprint density at radius 3 is 2.49 bits per heavy atom. The molecular weight excluding hydrogens is 460 g/mol. The molecule has 0 bridgehead atoms. The first-order valence-electron chi connectivity index (χ1n) is 11.6. The molecule has 180 valence electrons. The van der Waals surface area contributed by atoms with Gasteiger partial charge in [-0.1, -0.05) is 36.4 Å². The summed E-state index contributed by atoms with van der Waals surface area (Å²) in [6.45, 7) is 6.74. The van der Waals surface area contributed by atoms with Gasteiger partial charge in [0.1, 0.15) is 10.6 Å². The zero-order valence-electron chi connectivity index (χ0n) is 20.0. The van der Waals surface area contributed by atoms with E-state index in [9.17, 15) is 9.59 Å². The van der Waals surface area contributed by atoms with Crippen molar-refractivity contribution in [3.63, 3.8) is 0 Å². The minimum absolute atomic E-state index is 0.209. The molecule has 7 nitrogen and oxygen atoms in total. The van der Waals surface area contributed by atoms with Gasteiger partial charge in [0.05, 0.1) is 29.0 Å². The number of anilines is 2. The summed E-state index contributed by atoms with van der Waals surface area (Å²) in [5.41, 5.74) is 8.85. The smallest absolute Gasteiger partial charge is 0.410 e. The highest BCUT2D eigenvalue weighted by molar-refractivity contribution is 7.12. The summed E-state index contributed by atoms with van der Waals surface area (Å²) in [6.07, 6.45) is 4.68. The van der Waals surface area contributed by atoms with E-state index < -0.39 is 5.60 Å². The van der Waals surface area contributed by atoms with Crippen molar-refractivity contribution in [1.82, 2.24) is 9.88 Å². The van der Waals surface area contributed by atoms with Gasteiger partial charge in [-0.05, 0) is 50.6 Å². The summed E-state index contributed by atoms with van der Waals surface area (Å²) in [6, 6.07) is 14.8. The average molecular weight is 489 g/mol. The molecule has 35 heavy (non-hydrogen) atoms. The number of amides is 2. The lowest BCUT2D eigenvalue weighted by molar-refractivity contribution is 0.0225. The molecule has 0 unspecified atom stereocenters. The predicted octanol–water partition coefficient (Wildman–Crippen LogP) is 5.13.